The Bertz CT molecular complexity index is 301. The molecule has 0 spiro atoms. The van der Waals surface area contributed by atoms with Gasteiger partial charge in [-0.05, 0) is 30.2 Å². The van der Waals surface area contributed by atoms with E-state index in [-0.39, 0.29) is 18.5 Å². The minimum absolute atomic E-state index is 0.0572. The lowest BCUT2D eigenvalue weighted by Crippen LogP contribution is -2.19. The Labute approximate surface area is 70.0 Å². The zero-order valence-electron chi connectivity index (χ0n) is 6.55. The van der Waals surface area contributed by atoms with Gasteiger partial charge in [-0.25, -0.2) is 4.39 Å². The Balaban J connectivity index is 2.30. The summed E-state index contributed by atoms with van der Waals surface area (Å²) < 4.78 is 12.7. The molecule has 2 nitrogen and oxygen atoms in total. The highest BCUT2D eigenvalue weighted by molar-refractivity contribution is 5.56. The number of halogens is 1. The zero-order chi connectivity index (χ0) is 8.55. The second kappa shape index (κ2) is 2.75. The molecule has 1 aromatic rings. The van der Waals surface area contributed by atoms with Gasteiger partial charge < -0.3 is 10.4 Å². The number of anilines is 1. The van der Waals surface area contributed by atoms with Crippen LogP contribution in [0.3, 0.4) is 0 Å². The molecule has 64 valence electrons. The molecule has 0 bridgehead atoms. The fourth-order valence-corrected chi connectivity index (χ4v) is 1.52. The fraction of sp³-hybridized carbons (Fsp3) is 0.333. The number of fused-ring (bicyclic) bond motifs is 1. The van der Waals surface area contributed by atoms with Crippen molar-refractivity contribution < 1.29 is 9.50 Å². The number of benzene rings is 1. The summed E-state index contributed by atoms with van der Waals surface area (Å²) in [7, 11) is 0. The first-order valence-electron chi connectivity index (χ1n) is 3.95. The SMILES string of the molecule is OC[C@H]1Cc2cc(F)ccc2N1. The molecule has 2 rings (SSSR count). The van der Waals surface area contributed by atoms with Crippen molar-refractivity contribution in [3.63, 3.8) is 0 Å². The normalized spacial score (nSPS) is 20.3. The molecule has 1 atom stereocenters. The van der Waals surface area contributed by atoms with Crippen LogP contribution in [0.15, 0.2) is 18.2 Å². The molecule has 1 heterocycles. The molecule has 0 aliphatic carbocycles. The van der Waals surface area contributed by atoms with Gasteiger partial charge in [-0.15, -0.1) is 0 Å². The number of nitrogens with one attached hydrogen (secondary N) is 1. The summed E-state index contributed by atoms with van der Waals surface area (Å²) in [5.74, 6) is -0.214. The highest BCUT2D eigenvalue weighted by Crippen LogP contribution is 2.25. The summed E-state index contributed by atoms with van der Waals surface area (Å²) >= 11 is 0. The molecule has 0 saturated heterocycles. The van der Waals surface area contributed by atoms with E-state index in [0.717, 1.165) is 11.3 Å². The van der Waals surface area contributed by atoms with Crippen LogP contribution in [-0.4, -0.2) is 17.8 Å². The number of hydrogen-bond acceptors (Lipinski definition) is 2. The first-order valence-corrected chi connectivity index (χ1v) is 3.95. The third kappa shape index (κ3) is 1.16. The van der Waals surface area contributed by atoms with Gasteiger partial charge in [-0.2, -0.15) is 0 Å². The van der Waals surface area contributed by atoms with Gasteiger partial charge >= 0.3 is 0 Å². The Morgan fingerprint density at radius 1 is 1.58 bits per heavy atom. The Morgan fingerprint density at radius 2 is 2.42 bits per heavy atom. The van der Waals surface area contributed by atoms with E-state index in [9.17, 15) is 4.39 Å². The molecule has 0 fully saturated rings. The predicted molar refractivity (Wildman–Crippen MR) is 44.6 cm³/mol. The molecule has 1 aliphatic heterocycles. The molecule has 0 aromatic heterocycles. The van der Waals surface area contributed by atoms with Gasteiger partial charge in [0.05, 0.1) is 12.6 Å². The first kappa shape index (κ1) is 7.55. The number of aliphatic hydroxyl groups is 1. The zero-order valence-corrected chi connectivity index (χ0v) is 6.55. The van der Waals surface area contributed by atoms with Crippen molar-refractivity contribution in [1.82, 2.24) is 0 Å². The Morgan fingerprint density at radius 3 is 3.17 bits per heavy atom. The monoisotopic (exact) mass is 167 g/mol. The second-order valence-corrected chi connectivity index (χ2v) is 3.03. The van der Waals surface area contributed by atoms with Crippen molar-refractivity contribution >= 4 is 5.69 Å². The van der Waals surface area contributed by atoms with Crippen LogP contribution in [0.5, 0.6) is 0 Å². The van der Waals surface area contributed by atoms with Crippen molar-refractivity contribution in [2.45, 2.75) is 12.5 Å². The van der Waals surface area contributed by atoms with Gasteiger partial charge in [0.25, 0.3) is 0 Å². The van der Waals surface area contributed by atoms with Gasteiger partial charge in [0.1, 0.15) is 5.82 Å². The number of hydrogen-bond donors (Lipinski definition) is 2. The van der Waals surface area contributed by atoms with Crippen LogP contribution in [0.1, 0.15) is 5.56 Å². The Kier molecular flexibility index (Phi) is 1.73. The second-order valence-electron chi connectivity index (χ2n) is 3.03. The standard InChI is InChI=1S/C9H10FNO/c10-7-1-2-9-6(3-7)4-8(5-12)11-9/h1-3,8,11-12H,4-5H2/t8-/m1/s1. The van der Waals surface area contributed by atoms with Gasteiger partial charge in [0.15, 0.2) is 0 Å². The molecule has 0 unspecified atom stereocenters. The summed E-state index contributed by atoms with van der Waals surface area (Å²) in [5.41, 5.74) is 1.89. The summed E-state index contributed by atoms with van der Waals surface area (Å²) in [6.07, 6.45) is 0.712. The van der Waals surface area contributed by atoms with Crippen LogP contribution < -0.4 is 5.32 Å². The minimum atomic E-state index is -0.214. The Hall–Kier alpha value is -1.09. The maximum absolute atomic E-state index is 12.7. The molecule has 0 amide bonds. The van der Waals surface area contributed by atoms with Gasteiger partial charge in [-0.3, -0.25) is 0 Å². The molecule has 1 aromatic carbocycles. The maximum atomic E-state index is 12.7. The van der Waals surface area contributed by atoms with E-state index in [0.29, 0.717) is 6.42 Å². The molecular formula is C9H10FNO. The van der Waals surface area contributed by atoms with Gasteiger partial charge in [0, 0.05) is 5.69 Å². The molecule has 12 heavy (non-hydrogen) atoms. The van der Waals surface area contributed by atoms with E-state index < -0.39 is 0 Å². The molecule has 2 N–H and O–H groups in total. The number of aliphatic hydroxyl groups excluding tert-OH is 1. The summed E-state index contributed by atoms with van der Waals surface area (Å²) in [4.78, 5) is 0. The summed E-state index contributed by atoms with van der Waals surface area (Å²) in [5, 5.41) is 11.9. The third-order valence-electron chi connectivity index (χ3n) is 2.11. The molecule has 1 aliphatic rings. The van der Waals surface area contributed by atoms with E-state index in [2.05, 4.69) is 5.32 Å². The van der Waals surface area contributed by atoms with Crippen molar-refractivity contribution in [1.29, 1.82) is 0 Å². The van der Waals surface area contributed by atoms with Gasteiger partial charge in [-0.1, -0.05) is 0 Å². The highest BCUT2D eigenvalue weighted by atomic mass is 19.1. The minimum Gasteiger partial charge on any atom is -0.394 e. The van der Waals surface area contributed by atoms with Gasteiger partial charge in [0.2, 0.25) is 0 Å². The third-order valence-corrected chi connectivity index (χ3v) is 2.11. The van der Waals surface area contributed by atoms with E-state index in [1.165, 1.54) is 12.1 Å². The topological polar surface area (TPSA) is 32.3 Å². The average molecular weight is 167 g/mol. The number of rotatable bonds is 1. The van der Waals surface area contributed by atoms with Crippen LogP contribution in [0.2, 0.25) is 0 Å². The lowest BCUT2D eigenvalue weighted by Gasteiger charge is -2.04. The average Bonchev–Trinajstić information content (AvgIpc) is 2.46. The van der Waals surface area contributed by atoms with Crippen molar-refractivity contribution in [2.75, 3.05) is 11.9 Å². The van der Waals surface area contributed by atoms with Crippen LogP contribution in [0.4, 0.5) is 10.1 Å². The van der Waals surface area contributed by atoms with Crippen LogP contribution in [-0.2, 0) is 6.42 Å². The quantitative estimate of drug-likeness (QED) is 0.657. The van der Waals surface area contributed by atoms with Crippen molar-refractivity contribution in [3.05, 3.63) is 29.6 Å². The van der Waals surface area contributed by atoms with Crippen LogP contribution in [0.25, 0.3) is 0 Å². The maximum Gasteiger partial charge on any atom is 0.123 e. The summed E-state index contributed by atoms with van der Waals surface area (Å²) in [6, 6.07) is 4.70. The smallest absolute Gasteiger partial charge is 0.123 e. The fourth-order valence-electron chi connectivity index (χ4n) is 1.52. The van der Waals surface area contributed by atoms with Crippen LogP contribution >= 0.6 is 0 Å². The largest absolute Gasteiger partial charge is 0.394 e. The molecule has 0 saturated carbocycles. The molecule has 0 radical (unpaired) electrons. The summed E-state index contributed by atoms with van der Waals surface area (Å²) in [6.45, 7) is 0.0936. The molecule has 3 heteroatoms. The van der Waals surface area contributed by atoms with E-state index >= 15 is 0 Å². The van der Waals surface area contributed by atoms with E-state index in [1.54, 1.807) is 6.07 Å². The molecular weight excluding hydrogens is 157 g/mol. The van der Waals surface area contributed by atoms with E-state index in [1.807, 2.05) is 0 Å². The van der Waals surface area contributed by atoms with Crippen molar-refractivity contribution in [3.8, 4) is 0 Å². The lowest BCUT2D eigenvalue weighted by atomic mass is 10.1. The van der Waals surface area contributed by atoms with E-state index in [4.69, 9.17) is 5.11 Å². The predicted octanol–water partition coefficient (Wildman–Crippen LogP) is 1.15. The highest BCUT2D eigenvalue weighted by Gasteiger charge is 2.19. The first-order chi connectivity index (χ1) is 5.79. The van der Waals surface area contributed by atoms with Crippen LogP contribution in [0, 0.1) is 5.82 Å². The lowest BCUT2D eigenvalue weighted by molar-refractivity contribution is 0.277. The van der Waals surface area contributed by atoms with Crippen molar-refractivity contribution in [2.24, 2.45) is 0 Å².